The average Bonchev–Trinajstić information content (AvgIpc) is 2.28. The van der Waals surface area contributed by atoms with Gasteiger partial charge in [-0.05, 0) is 26.9 Å². The molecule has 2 aliphatic heterocycles. The molecule has 3 heteroatoms. The largest absolute Gasteiger partial charge is 0.315 e. The maximum absolute atomic E-state index is 3.51. The molecule has 13 heavy (non-hydrogen) atoms. The molecule has 0 spiro atoms. The van der Waals surface area contributed by atoms with Gasteiger partial charge in [0.15, 0.2) is 0 Å². The Morgan fingerprint density at radius 2 is 2.15 bits per heavy atom. The van der Waals surface area contributed by atoms with Crippen LogP contribution in [-0.4, -0.2) is 61.7 Å². The molecule has 0 aromatic rings. The Bertz CT molecular complexity index is 172. The van der Waals surface area contributed by atoms with Crippen LogP contribution in [0.2, 0.25) is 0 Å². The maximum atomic E-state index is 3.51. The first kappa shape index (κ1) is 9.44. The van der Waals surface area contributed by atoms with E-state index < -0.39 is 0 Å². The van der Waals surface area contributed by atoms with E-state index >= 15 is 0 Å². The lowest BCUT2D eigenvalue weighted by Crippen LogP contribution is -2.54. The van der Waals surface area contributed by atoms with Crippen LogP contribution in [-0.2, 0) is 0 Å². The fourth-order valence-electron chi connectivity index (χ4n) is 2.56. The Kier molecular flexibility index (Phi) is 2.86. The lowest BCUT2D eigenvalue weighted by Gasteiger charge is -2.41. The molecule has 2 heterocycles. The zero-order valence-electron chi connectivity index (χ0n) is 8.79. The van der Waals surface area contributed by atoms with E-state index in [1.807, 2.05) is 0 Å². The first-order valence-corrected chi connectivity index (χ1v) is 5.42. The normalized spacial score (nSPS) is 38.3. The molecule has 3 nitrogen and oxygen atoms in total. The highest BCUT2D eigenvalue weighted by atomic mass is 15.3. The summed E-state index contributed by atoms with van der Waals surface area (Å²) in [6.07, 6.45) is 1.31. The van der Waals surface area contributed by atoms with Crippen molar-refractivity contribution in [3.8, 4) is 0 Å². The Morgan fingerprint density at radius 3 is 3.00 bits per heavy atom. The van der Waals surface area contributed by atoms with Gasteiger partial charge in [-0.2, -0.15) is 0 Å². The molecule has 2 atom stereocenters. The Balaban J connectivity index is 2.02. The molecule has 0 aliphatic carbocycles. The van der Waals surface area contributed by atoms with Crippen molar-refractivity contribution in [1.82, 2.24) is 15.1 Å². The number of hydrogen-bond acceptors (Lipinski definition) is 3. The van der Waals surface area contributed by atoms with Crippen LogP contribution in [0.3, 0.4) is 0 Å². The van der Waals surface area contributed by atoms with Crippen molar-refractivity contribution < 1.29 is 0 Å². The van der Waals surface area contributed by atoms with Crippen molar-refractivity contribution in [2.75, 3.05) is 39.8 Å². The van der Waals surface area contributed by atoms with E-state index in [0.29, 0.717) is 0 Å². The minimum Gasteiger partial charge on any atom is -0.315 e. The van der Waals surface area contributed by atoms with Gasteiger partial charge in [0.25, 0.3) is 0 Å². The SMILES string of the molecule is CC1CNCCC2CN(C)CCN12. The topological polar surface area (TPSA) is 18.5 Å². The highest BCUT2D eigenvalue weighted by Crippen LogP contribution is 2.16. The molecule has 2 rings (SSSR count). The third-order valence-electron chi connectivity index (χ3n) is 3.39. The third-order valence-corrected chi connectivity index (χ3v) is 3.39. The molecule has 0 aromatic carbocycles. The molecule has 0 bridgehead atoms. The molecule has 2 saturated heterocycles. The first-order valence-electron chi connectivity index (χ1n) is 5.42. The van der Waals surface area contributed by atoms with Gasteiger partial charge in [-0.25, -0.2) is 0 Å². The van der Waals surface area contributed by atoms with E-state index in [2.05, 4.69) is 29.1 Å². The molecular formula is C10H21N3. The fourth-order valence-corrected chi connectivity index (χ4v) is 2.56. The molecule has 2 fully saturated rings. The summed E-state index contributed by atoms with van der Waals surface area (Å²) in [5.74, 6) is 0. The standard InChI is InChI=1S/C10H21N3/c1-9-7-11-4-3-10-8-12(2)5-6-13(9)10/h9-11H,3-8H2,1-2H3. The van der Waals surface area contributed by atoms with E-state index in [1.54, 1.807) is 0 Å². The number of nitrogens with zero attached hydrogens (tertiary/aromatic N) is 2. The van der Waals surface area contributed by atoms with Crippen LogP contribution < -0.4 is 5.32 Å². The van der Waals surface area contributed by atoms with E-state index in [1.165, 1.54) is 39.1 Å². The lowest BCUT2D eigenvalue weighted by atomic mass is 10.1. The summed E-state index contributed by atoms with van der Waals surface area (Å²) in [5, 5.41) is 3.51. The predicted molar refractivity (Wildman–Crippen MR) is 54.9 cm³/mol. The second-order valence-electron chi connectivity index (χ2n) is 4.50. The number of likely N-dealkylation sites (N-methyl/N-ethyl adjacent to an activating group) is 1. The van der Waals surface area contributed by atoms with Gasteiger partial charge in [0.2, 0.25) is 0 Å². The number of fused-ring (bicyclic) bond motifs is 1. The maximum Gasteiger partial charge on any atom is 0.0239 e. The summed E-state index contributed by atoms with van der Waals surface area (Å²) >= 11 is 0. The summed E-state index contributed by atoms with van der Waals surface area (Å²) in [4.78, 5) is 5.14. The zero-order chi connectivity index (χ0) is 9.26. The molecule has 2 aliphatic rings. The van der Waals surface area contributed by atoms with Crippen molar-refractivity contribution in [3.63, 3.8) is 0 Å². The van der Waals surface area contributed by atoms with Crippen LogP contribution in [0.5, 0.6) is 0 Å². The van der Waals surface area contributed by atoms with Gasteiger partial charge in [-0.1, -0.05) is 0 Å². The van der Waals surface area contributed by atoms with Gasteiger partial charge in [0, 0.05) is 38.3 Å². The minimum atomic E-state index is 0.723. The molecular weight excluding hydrogens is 162 g/mol. The molecule has 0 amide bonds. The molecule has 1 N–H and O–H groups in total. The smallest absolute Gasteiger partial charge is 0.0239 e. The van der Waals surface area contributed by atoms with Crippen LogP contribution >= 0.6 is 0 Å². The van der Waals surface area contributed by atoms with Gasteiger partial charge in [-0.3, -0.25) is 4.90 Å². The van der Waals surface area contributed by atoms with Gasteiger partial charge >= 0.3 is 0 Å². The van der Waals surface area contributed by atoms with Crippen LogP contribution in [0.25, 0.3) is 0 Å². The van der Waals surface area contributed by atoms with E-state index in [4.69, 9.17) is 0 Å². The second kappa shape index (κ2) is 3.95. The van der Waals surface area contributed by atoms with Crippen molar-refractivity contribution in [3.05, 3.63) is 0 Å². The molecule has 0 saturated carbocycles. The number of piperazine rings is 1. The van der Waals surface area contributed by atoms with E-state index in [-0.39, 0.29) is 0 Å². The molecule has 0 radical (unpaired) electrons. The Hall–Kier alpha value is -0.120. The summed E-state index contributed by atoms with van der Waals surface area (Å²) in [5.41, 5.74) is 0. The predicted octanol–water partition coefficient (Wildman–Crippen LogP) is -0.0158. The van der Waals surface area contributed by atoms with Crippen molar-refractivity contribution in [2.45, 2.75) is 25.4 Å². The van der Waals surface area contributed by atoms with Gasteiger partial charge in [0.05, 0.1) is 0 Å². The fraction of sp³-hybridized carbons (Fsp3) is 1.00. The lowest BCUT2D eigenvalue weighted by molar-refractivity contribution is 0.0656. The Labute approximate surface area is 81.1 Å². The van der Waals surface area contributed by atoms with Crippen molar-refractivity contribution in [1.29, 1.82) is 0 Å². The van der Waals surface area contributed by atoms with Gasteiger partial charge in [0.1, 0.15) is 0 Å². The number of nitrogens with one attached hydrogen (secondary N) is 1. The van der Waals surface area contributed by atoms with Crippen molar-refractivity contribution >= 4 is 0 Å². The van der Waals surface area contributed by atoms with Crippen LogP contribution in [0.1, 0.15) is 13.3 Å². The summed E-state index contributed by atoms with van der Waals surface area (Å²) in [6, 6.07) is 1.52. The van der Waals surface area contributed by atoms with Crippen LogP contribution in [0.4, 0.5) is 0 Å². The molecule has 2 unspecified atom stereocenters. The number of rotatable bonds is 0. The van der Waals surface area contributed by atoms with Gasteiger partial charge < -0.3 is 10.2 Å². The third kappa shape index (κ3) is 2.03. The second-order valence-corrected chi connectivity index (χ2v) is 4.50. The zero-order valence-corrected chi connectivity index (χ0v) is 8.79. The van der Waals surface area contributed by atoms with E-state index in [0.717, 1.165) is 12.1 Å². The number of hydrogen-bond donors (Lipinski definition) is 1. The first-order chi connectivity index (χ1) is 6.27. The summed E-state index contributed by atoms with van der Waals surface area (Å²) in [7, 11) is 2.24. The minimum absolute atomic E-state index is 0.723. The van der Waals surface area contributed by atoms with Crippen LogP contribution in [0, 0.1) is 0 Å². The average molecular weight is 183 g/mol. The van der Waals surface area contributed by atoms with Crippen molar-refractivity contribution in [2.24, 2.45) is 0 Å². The highest BCUT2D eigenvalue weighted by Gasteiger charge is 2.29. The van der Waals surface area contributed by atoms with Crippen LogP contribution in [0.15, 0.2) is 0 Å². The molecule has 76 valence electrons. The quantitative estimate of drug-likeness (QED) is 0.569. The summed E-state index contributed by atoms with van der Waals surface area (Å²) < 4.78 is 0. The summed E-state index contributed by atoms with van der Waals surface area (Å²) in [6.45, 7) is 8.45. The van der Waals surface area contributed by atoms with E-state index in [9.17, 15) is 0 Å². The highest BCUT2D eigenvalue weighted by molar-refractivity contribution is 4.87. The monoisotopic (exact) mass is 183 g/mol. The van der Waals surface area contributed by atoms with Gasteiger partial charge in [-0.15, -0.1) is 0 Å². The Morgan fingerprint density at radius 1 is 1.31 bits per heavy atom. The molecule has 0 aromatic heterocycles.